The Balaban J connectivity index is 2.77. The Morgan fingerprint density at radius 2 is 1.85 bits per heavy atom. The van der Waals surface area contributed by atoms with E-state index in [2.05, 4.69) is 11.8 Å². The molecule has 0 amide bonds. The van der Waals surface area contributed by atoms with E-state index < -0.39 is 0 Å². The van der Waals surface area contributed by atoms with Gasteiger partial charge in [0.1, 0.15) is 0 Å². The number of hydrogen-bond acceptors (Lipinski definition) is 3. The van der Waals surface area contributed by atoms with Crippen molar-refractivity contribution >= 4 is 11.4 Å². The second kappa shape index (κ2) is 4.14. The van der Waals surface area contributed by atoms with Crippen molar-refractivity contribution < 1.29 is 0 Å². The smallest absolute Gasteiger partial charge is 0.0380 e. The molecular weight excluding hydrogens is 162 g/mol. The Hall–Kier alpha value is -1.22. The zero-order valence-electron chi connectivity index (χ0n) is 8.20. The number of nitrogen functional groups attached to an aromatic ring is 1. The lowest BCUT2D eigenvalue weighted by Gasteiger charge is -2.25. The van der Waals surface area contributed by atoms with Gasteiger partial charge in [0, 0.05) is 31.0 Å². The van der Waals surface area contributed by atoms with Gasteiger partial charge < -0.3 is 16.4 Å². The fourth-order valence-electron chi connectivity index (χ4n) is 1.12. The quantitative estimate of drug-likeness (QED) is 0.682. The third-order valence-electron chi connectivity index (χ3n) is 2.30. The summed E-state index contributed by atoms with van der Waals surface area (Å²) in [5, 5.41) is 0. The maximum absolute atomic E-state index is 5.59. The molecule has 72 valence electrons. The minimum atomic E-state index is 0.351. The molecule has 0 aliphatic rings. The van der Waals surface area contributed by atoms with E-state index in [0.717, 1.165) is 11.4 Å². The predicted octanol–water partition coefficient (Wildman–Crippen LogP) is 1.05. The fraction of sp³-hybridized carbons (Fsp3) is 0.400. The van der Waals surface area contributed by atoms with E-state index in [-0.39, 0.29) is 0 Å². The predicted molar refractivity (Wildman–Crippen MR) is 57.8 cm³/mol. The summed E-state index contributed by atoms with van der Waals surface area (Å²) in [6.45, 7) is 2.75. The fourth-order valence-corrected chi connectivity index (χ4v) is 1.12. The molecule has 1 unspecified atom stereocenters. The first-order chi connectivity index (χ1) is 6.15. The van der Waals surface area contributed by atoms with Gasteiger partial charge in [0.15, 0.2) is 0 Å². The number of nitrogens with two attached hydrogens (primary N) is 2. The van der Waals surface area contributed by atoms with Crippen LogP contribution in [0.1, 0.15) is 6.92 Å². The van der Waals surface area contributed by atoms with Crippen LogP contribution in [0, 0.1) is 0 Å². The van der Waals surface area contributed by atoms with Crippen molar-refractivity contribution in [3.63, 3.8) is 0 Å². The number of hydrogen-bond donors (Lipinski definition) is 2. The van der Waals surface area contributed by atoms with Gasteiger partial charge in [-0.2, -0.15) is 0 Å². The summed E-state index contributed by atoms with van der Waals surface area (Å²) in [5.74, 6) is 0. The number of rotatable bonds is 3. The van der Waals surface area contributed by atoms with Crippen molar-refractivity contribution in [3.05, 3.63) is 24.3 Å². The molecule has 3 heteroatoms. The van der Waals surface area contributed by atoms with Gasteiger partial charge in [-0.15, -0.1) is 0 Å². The van der Waals surface area contributed by atoms with Crippen LogP contribution in [0.25, 0.3) is 0 Å². The first-order valence-corrected chi connectivity index (χ1v) is 4.43. The summed E-state index contributed by atoms with van der Waals surface area (Å²) >= 11 is 0. The average Bonchev–Trinajstić information content (AvgIpc) is 2.17. The summed E-state index contributed by atoms with van der Waals surface area (Å²) in [5.41, 5.74) is 13.1. The molecule has 0 aliphatic carbocycles. The summed E-state index contributed by atoms with van der Waals surface area (Å²) in [6.07, 6.45) is 0. The molecule has 1 aromatic carbocycles. The normalized spacial score (nSPS) is 12.5. The third-order valence-corrected chi connectivity index (χ3v) is 2.30. The van der Waals surface area contributed by atoms with Crippen LogP contribution in [-0.4, -0.2) is 19.6 Å². The van der Waals surface area contributed by atoms with E-state index in [4.69, 9.17) is 11.5 Å². The maximum Gasteiger partial charge on any atom is 0.0380 e. The highest BCUT2D eigenvalue weighted by Gasteiger charge is 2.06. The highest BCUT2D eigenvalue weighted by atomic mass is 15.1. The molecule has 1 aromatic rings. The molecule has 3 nitrogen and oxygen atoms in total. The molecular formula is C10H17N3. The van der Waals surface area contributed by atoms with E-state index in [0.29, 0.717) is 12.6 Å². The summed E-state index contributed by atoms with van der Waals surface area (Å²) in [7, 11) is 2.03. The number of anilines is 2. The molecule has 0 aromatic heterocycles. The molecule has 0 fully saturated rings. The van der Waals surface area contributed by atoms with Crippen LogP contribution >= 0.6 is 0 Å². The van der Waals surface area contributed by atoms with E-state index in [9.17, 15) is 0 Å². The van der Waals surface area contributed by atoms with Gasteiger partial charge in [0.05, 0.1) is 0 Å². The Labute approximate surface area is 79.3 Å². The van der Waals surface area contributed by atoms with E-state index in [1.165, 1.54) is 0 Å². The van der Waals surface area contributed by atoms with Crippen LogP contribution in [0.5, 0.6) is 0 Å². The second-order valence-corrected chi connectivity index (χ2v) is 3.29. The Morgan fingerprint density at radius 1 is 1.31 bits per heavy atom. The molecule has 0 aliphatic heterocycles. The van der Waals surface area contributed by atoms with Crippen LogP contribution in [-0.2, 0) is 0 Å². The highest BCUT2D eigenvalue weighted by molar-refractivity contribution is 5.53. The molecule has 1 atom stereocenters. The number of likely N-dealkylation sites (N-methyl/N-ethyl adjacent to an activating group) is 1. The molecule has 0 heterocycles. The van der Waals surface area contributed by atoms with Gasteiger partial charge >= 0.3 is 0 Å². The standard InChI is InChI=1S/C10H17N3/c1-8(7-11)13(2)10-5-3-9(12)4-6-10/h3-6,8H,7,11-12H2,1-2H3. The largest absolute Gasteiger partial charge is 0.399 e. The lowest BCUT2D eigenvalue weighted by Crippen LogP contribution is -2.35. The van der Waals surface area contributed by atoms with Crippen LogP contribution in [0.3, 0.4) is 0 Å². The lowest BCUT2D eigenvalue weighted by atomic mass is 10.2. The molecule has 0 saturated heterocycles. The van der Waals surface area contributed by atoms with Crippen molar-refractivity contribution in [2.75, 3.05) is 24.2 Å². The molecule has 13 heavy (non-hydrogen) atoms. The molecule has 0 saturated carbocycles. The molecule has 4 N–H and O–H groups in total. The van der Waals surface area contributed by atoms with Gasteiger partial charge in [-0.25, -0.2) is 0 Å². The van der Waals surface area contributed by atoms with Crippen LogP contribution in [0.4, 0.5) is 11.4 Å². The number of benzene rings is 1. The summed E-state index contributed by atoms with van der Waals surface area (Å²) in [4.78, 5) is 2.14. The first kappa shape index (κ1) is 9.86. The van der Waals surface area contributed by atoms with Crippen molar-refractivity contribution in [1.82, 2.24) is 0 Å². The summed E-state index contributed by atoms with van der Waals surface area (Å²) < 4.78 is 0. The Morgan fingerprint density at radius 3 is 2.31 bits per heavy atom. The van der Waals surface area contributed by atoms with Crippen molar-refractivity contribution in [1.29, 1.82) is 0 Å². The van der Waals surface area contributed by atoms with Crippen molar-refractivity contribution in [2.24, 2.45) is 5.73 Å². The summed E-state index contributed by atoms with van der Waals surface area (Å²) in [6, 6.07) is 8.15. The van der Waals surface area contributed by atoms with Gasteiger partial charge in [-0.05, 0) is 31.2 Å². The lowest BCUT2D eigenvalue weighted by molar-refractivity contribution is 0.695. The average molecular weight is 179 g/mol. The Bertz CT molecular complexity index is 255. The van der Waals surface area contributed by atoms with Crippen LogP contribution < -0.4 is 16.4 Å². The zero-order valence-corrected chi connectivity index (χ0v) is 8.20. The van der Waals surface area contributed by atoms with E-state index >= 15 is 0 Å². The van der Waals surface area contributed by atoms with Gasteiger partial charge in [0.2, 0.25) is 0 Å². The van der Waals surface area contributed by atoms with Crippen molar-refractivity contribution in [3.8, 4) is 0 Å². The maximum atomic E-state index is 5.59. The molecule has 0 bridgehead atoms. The minimum Gasteiger partial charge on any atom is -0.399 e. The number of nitrogens with zero attached hydrogens (tertiary/aromatic N) is 1. The SMILES string of the molecule is CC(CN)N(C)c1ccc(N)cc1. The monoisotopic (exact) mass is 179 g/mol. The van der Waals surface area contributed by atoms with Crippen molar-refractivity contribution in [2.45, 2.75) is 13.0 Å². The van der Waals surface area contributed by atoms with Gasteiger partial charge in [-0.1, -0.05) is 0 Å². The molecule has 0 spiro atoms. The second-order valence-electron chi connectivity index (χ2n) is 3.29. The molecule has 0 radical (unpaired) electrons. The van der Waals surface area contributed by atoms with E-state index in [1.807, 2.05) is 31.3 Å². The highest BCUT2D eigenvalue weighted by Crippen LogP contribution is 2.16. The zero-order chi connectivity index (χ0) is 9.84. The topological polar surface area (TPSA) is 55.3 Å². The van der Waals surface area contributed by atoms with Crippen LogP contribution in [0.2, 0.25) is 0 Å². The molecule has 1 rings (SSSR count). The van der Waals surface area contributed by atoms with Gasteiger partial charge in [-0.3, -0.25) is 0 Å². The Kier molecular flexibility index (Phi) is 3.14. The first-order valence-electron chi connectivity index (χ1n) is 4.43. The van der Waals surface area contributed by atoms with E-state index in [1.54, 1.807) is 0 Å². The van der Waals surface area contributed by atoms with Crippen LogP contribution in [0.15, 0.2) is 24.3 Å². The van der Waals surface area contributed by atoms with Gasteiger partial charge in [0.25, 0.3) is 0 Å². The third kappa shape index (κ3) is 2.36. The minimum absolute atomic E-state index is 0.351.